The fraction of sp³-hybridized carbons (Fsp3) is 0.355. The van der Waals surface area contributed by atoms with Crippen LogP contribution in [0.5, 0.6) is 0 Å². The molecule has 9 heteroatoms. The highest BCUT2D eigenvalue weighted by atomic mass is 32.2. The molecule has 1 N–H and O–H groups in total. The first-order valence-corrected chi connectivity index (χ1v) is 14.9. The quantitative estimate of drug-likeness (QED) is 0.314. The van der Waals surface area contributed by atoms with Gasteiger partial charge in [-0.15, -0.1) is 0 Å². The summed E-state index contributed by atoms with van der Waals surface area (Å²) in [7, 11) is -4.15. The second-order valence-electron chi connectivity index (χ2n) is 10.2. The minimum atomic E-state index is -4.15. The summed E-state index contributed by atoms with van der Waals surface area (Å²) >= 11 is 0. The van der Waals surface area contributed by atoms with Crippen LogP contribution in [0.15, 0.2) is 83.8 Å². The van der Waals surface area contributed by atoms with E-state index in [0.717, 1.165) is 9.87 Å². The Labute approximate surface area is 237 Å². The van der Waals surface area contributed by atoms with Crippen molar-refractivity contribution >= 4 is 27.5 Å². The summed E-state index contributed by atoms with van der Waals surface area (Å²) in [5.41, 5.74) is 1.55. The minimum absolute atomic E-state index is 0.0268. The summed E-state index contributed by atoms with van der Waals surface area (Å²) in [5.74, 6) is -1.33. The zero-order valence-electron chi connectivity index (χ0n) is 23.7. The maximum Gasteiger partial charge on any atom is 0.264 e. The standard InChI is InChI=1S/C31H38FN3O4S/c1-6-23(4)33-31(37)24(5)34(20-26-12-10-11-15-29(26)32)30(36)21-35(27-18-16-25(17-19-27)22(2)3)40(38,39)28-13-8-7-9-14-28/h7-19,22-24H,6,20-21H2,1-5H3,(H,33,37). The lowest BCUT2D eigenvalue weighted by molar-refractivity contribution is -0.139. The molecule has 3 rings (SSSR count). The molecule has 0 heterocycles. The molecule has 2 amide bonds. The second-order valence-corrected chi connectivity index (χ2v) is 12.0. The fourth-order valence-corrected chi connectivity index (χ4v) is 5.57. The molecule has 214 valence electrons. The van der Waals surface area contributed by atoms with Crippen LogP contribution in [0.1, 0.15) is 58.1 Å². The van der Waals surface area contributed by atoms with Crippen LogP contribution in [0.4, 0.5) is 10.1 Å². The Bertz CT molecular complexity index is 1400. The lowest BCUT2D eigenvalue weighted by atomic mass is 10.0. The average molecular weight is 568 g/mol. The van der Waals surface area contributed by atoms with Crippen molar-refractivity contribution in [3.8, 4) is 0 Å². The third-order valence-corrected chi connectivity index (χ3v) is 8.71. The molecule has 3 aromatic carbocycles. The van der Waals surface area contributed by atoms with Crippen molar-refractivity contribution in [1.82, 2.24) is 10.2 Å². The largest absolute Gasteiger partial charge is 0.352 e. The molecule has 0 aliphatic rings. The van der Waals surface area contributed by atoms with Crippen molar-refractivity contribution < 1.29 is 22.4 Å². The summed E-state index contributed by atoms with van der Waals surface area (Å²) < 4.78 is 43.3. The van der Waals surface area contributed by atoms with Crippen LogP contribution in [-0.4, -0.2) is 43.8 Å². The predicted molar refractivity (Wildman–Crippen MR) is 156 cm³/mol. The molecule has 0 fully saturated rings. The molecular weight excluding hydrogens is 529 g/mol. The van der Waals surface area contributed by atoms with Gasteiger partial charge in [0.05, 0.1) is 10.6 Å². The Morgan fingerprint density at radius 3 is 2.05 bits per heavy atom. The maximum absolute atomic E-state index is 14.6. The zero-order valence-corrected chi connectivity index (χ0v) is 24.5. The molecule has 0 radical (unpaired) electrons. The Hall–Kier alpha value is -3.72. The third-order valence-electron chi connectivity index (χ3n) is 6.92. The van der Waals surface area contributed by atoms with Crippen LogP contribution in [0.25, 0.3) is 0 Å². The van der Waals surface area contributed by atoms with Crippen molar-refractivity contribution in [2.45, 2.75) is 70.5 Å². The van der Waals surface area contributed by atoms with Crippen LogP contribution < -0.4 is 9.62 Å². The van der Waals surface area contributed by atoms with E-state index in [0.29, 0.717) is 12.1 Å². The first-order chi connectivity index (χ1) is 18.9. The SMILES string of the molecule is CCC(C)NC(=O)C(C)N(Cc1ccccc1F)C(=O)CN(c1ccc(C(C)C)cc1)S(=O)(=O)c1ccccc1. The number of nitrogens with one attached hydrogen (secondary N) is 1. The van der Waals surface area contributed by atoms with E-state index < -0.39 is 40.2 Å². The van der Waals surface area contributed by atoms with Crippen molar-refractivity contribution in [2.24, 2.45) is 0 Å². The molecular formula is C31H38FN3O4S. The number of hydrogen-bond donors (Lipinski definition) is 1. The molecule has 2 unspecified atom stereocenters. The topological polar surface area (TPSA) is 86.8 Å². The Morgan fingerprint density at radius 2 is 1.48 bits per heavy atom. The van der Waals surface area contributed by atoms with Gasteiger partial charge in [-0.05, 0) is 62.1 Å². The molecule has 0 aliphatic heterocycles. The number of halogens is 1. The highest BCUT2D eigenvalue weighted by molar-refractivity contribution is 7.92. The van der Waals surface area contributed by atoms with Crippen molar-refractivity contribution in [1.29, 1.82) is 0 Å². The number of carbonyl (C=O) groups excluding carboxylic acids is 2. The van der Waals surface area contributed by atoms with Gasteiger partial charge in [0.1, 0.15) is 18.4 Å². The van der Waals surface area contributed by atoms with Gasteiger partial charge in [-0.3, -0.25) is 13.9 Å². The van der Waals surface area contributed by atoms with Gasteiger partial charge in [-0.1, -0.05) is 69.3 Å². The van der Waals surface area contributed by atoms with Gasteiger partial charge in [0, 0.05) is 18.2 Å². The number of nitrogens with zero attached hydrogens (tertiary/aromatic N) is 2. The van der Waals surface area contributed by atoms with E-state index in [1.165, 1.54) is 29.2 Å². The number of amides is 2. The Balaban J connectivity index is 2.04. The number of rotatable bonds is 12. The van der Waals surface area contributed by atoms with Gasteiger partial charge in [0.15, 0.2) is 0 Å². The monoisotopic (exact) mass is 567 g/mol. The molecule has 0 spiro atoms. The molecule has 0 aromatic heterocycles. The van der Waals surface area contributed by atoms with E-state index in [9.17, 15) is 22.4 Å². The Kier molecular flexibility index (Phi) is 10.5. The normalized spacial score (nSPS) is 13.0. The highest BCUT2D eigenvalue weighted by Crippen LogP contribution is 2.26. The summed E-state index contributed by atoms with van der Waals surface area (Å²) in [6.07, 6.45) is 0.690. The molecule has 2 atom stereocenters. The lowest BCUT2D eigenvalue weighted by Gasteiger charge is -2.32. The number of hydrogen-bond acceptors (Lipinski definition) is 4. The van der Waals surface area contributed by atoms with Crippen molar-refractivity contribution in [3.05, 3.63) is 95.8 Å². The summed E-state index contributed by atoms with van der Waals surface area (Å²) in [4.78, 5) is 28.2. The van der Waals surface area contributed by atoms with Gasteiger partial charge in [-0.25, -0.2) is 12.8 Å². The summed E-state index contributed by atoms with van der Waals surface area (Å²) in [5, 5.41) is 2.86. The molecule has 0 saturated heterocycles. The van der Waals surface area contributed by atoms with Gasteiger partial charge >= 0.3 is 0 Å². The van der Waals surface area contributed by atoms with E-state index in [1.807, 2.05) is 39.8 Å². The van der Waals surface area contributed by atoms with E-state index in [2.05, 4.69) is 5.32 Å². The minimum Gasteiger partial charge on any atom is -0.352 e. The van der Waals surface area contributed by atoms with Crippen molar-refractivity contribution in [2.75, 3.05) is 10.8 Å². The van der Waals surface area contributed by atoms with Gasteiger partial charge in [-0.2, -0.15) is 0 Å². The maximum atomic E-state index is 14.6. The molecule has 7 nitrogen and oxygen atoms in total. The van der Waals surface area contributed by atoms with Crippen LogP contribution in [0.3, 0.4) is 0 Å². The molecule has 0 bridgehead atoms. The molecule has 0 aliphatic carbocycles. The second kappa shape index (κ2) is 13.6. The van der Waals surface area contributed by atoms with Crippen LogP contribution in [0.2, 0.25) is 0 Å². The zero-order chi connectivity index (χ0) is 29.4. The van der Waals surface area contributed by atoms with Crippen molar-refractivity contribution in [3.63, 3.8) is 0 Å². The van der Waals surface area contributed by atoms with Crippen LogP contribution >= 0.6 is 0 Å². The van der Waals surface area contributed by atoms with E-state index in [1.54, 1.807) is 49.4 Å². The van der Waals surface area contributed by atoms with Gasteiger partial charge in [0.2, 0.25) is 11.8 Å². The van der Waals surface area contributed by atoms with Gasteiger partial charge < -0.3 is 10.2 Å². The average Bonchev–Trinajstić information content (AvgIpc) is 2.95. The number of sulfonamides is 1. The van der Waals surface area contributed by atoms with Crippen LogP contribution in [0, 0.1) is 5.82 Å². The number of anilines is 1. The Morgan fingerprint density at radius 1 is 0.875 bits per heavy atom. The number of benzene rings is 3. The molecule has 0 saturated carbocycles. The van der Waals surface area contributed by atoms with Gasteiger partial charge in [0.25, 0.3) is 10.0 Å². The fourth-order valence-electron chi connectivity index (χ4n) is 4.13. The summed E-state index contributed by atoms with van der Waals surface area (Å²) in [6, 6.07) is 19.8. The van der Waals surface area contributed by atoms with Crippen LogP contribution in [-0.2, 0) is 26.2 Å². The first kappa shape index (κ1) is 30.8. The van der Waals surface area contributed by atoms with E-state index in [-0.39, 0.29) is 29.0 Å². The molecule has 3 aromatic rings. The molecule has 40 heavy (non-hydrogen) atoms. The smallest absolute Gasteiger partial charge is 0.264 e. The number of carbonyl (C=O) groups is 2. The predicted octanol–water partition coefficient (Wildman–Crippen LogP) is 5.48. The lowest BCUT2D eigenvalue weighted by Crippen LogP contribution is -2.52. The summed E-state index contributed by atoms with van der Waals surface area (Å²) in [6.45, 7) is 8.62. The van der Waals surface area contributed by atoms with E-state index >= 15 is 0 Å². The third kappa shape index (κ3) is 7.47. The first-order valence-electron chi connectivity index (χ1n) is 13.5. The van der Waals surface area contributed by atoms with E-state index in [4.69, 9.17) is 0 Å². The highest BCUT2D eigenvalue weighted by Gasteiger charge is 2.33.